The van der Waals surface area contributed by atoms with Crippen molar-refractivity contribution in [3.8, 4) is 39.1 Å². The molecule has 0 bridgehead atoms. The van der Waals surface area contributed by atoms with Crippen LogP contribution in [0.1, 0.15) is 51.3 Å². The van der Waals surface area contributed by atoms with Crippen LogP contribution in [-0.2, 0) is 10.8 Å². The largest absolute Gasteiger partial charge is 0.310 e. The molecule has 1 aliphatic rings. The molecule has 0 atom stereocenters. The van der Waals surface area contributed by atoms with Gasteiger partial charge < -0.3 is 9.47 Å². The van der Waals surface area contributed by atoms with Gasteiger partial charge in [-0.1, -0.05) is 156 Å². The SMILES string of the molecule is CC(C)(C)c1ccc2c(c1)C(C)(C)c1cc(N(c3ccc(-c4ccccc4)cc3)c3ccc(-c4ccc5c(c4)c4ccccc4n5-c4ccccc4)cc3)ccc1-2. The van der Waals surface area contributed by atoms with Gasteiger partial charge in [-0.3, -0.25) is 0 Å². The van der Waals surface area contributed by atoms with Gasteiger partial charge in [-0.05, 0) is 122 Å². The average Bonchev–Trinajstić information content (AvgIpc) is 3.69. The maximum atomic E-state index is 2.45. The quantitative estimate of drug-likeness (QED) is 0.165. The number of nitrogens with zero attached hydrogens (tertiary/aromatic N) is 2. The monoisotopic (exact) mass is 734 g/mol. The lowest BCUT2D eigenvalue weighted by Gasteiger charge is -2.29. The molecule has 2 nitrogen and oxygen atoms in total. The lowest BCUT2D eigenvalue weighted by molar-refractivity contribution is 0.584. The molecule has 0 saturated heterocycles. The first-order chi connectivity index (χ1) is 27.6. The fourth-order valence-electron chi connectivity index (χ4n) is 9.02. The van der Waals surface area contributed by atoms with Crippen LogP contribution in [0.5, 0.6) is 0 Å². The summed E-state index contributed by atoms with van der Waals surface area (Å²) in [5, 5.41) is 2.52. The summed E-state index contributed by atoms with van der Waals surface area (Å²) in [6, 6.07) is 69.2. The molecule has 8 aromatic carbocycles. The van der Waals surface area contributed by atoms with Gasteiger partial charge in [0, 0.05) is 38.9 Å². The third-order valence-electron chi connectivity index (χ3n) is 12.2. The summed E-state index contributed by atoms with van der Waals surface area (Å²) in [6.07, 6.45) is 0. The Labute approximate surface area is 336 Å². The van der Waals surface area contributed by atoms with Gasteiger partial charge in [0.1, 0.15) is 0 Å². The molecule has 0 saturated carbocycles. The van der Waals surface area contributed by atoms with Gasteiger partial charge in [0.2, 0.25) is 0 Å². The fraction of sp³-hybridized carbons (Fsp3) is 0.127. The molecule has 0 fully saturated rings. The van der Waals surface area contributed by atoms with Crippen molar-refractivity contribution in [2.75, 3.05) is 4.90 Å². The molecular formula is C55H46N2. The first kappa shape index (κ1) is 34.8. The van der Waals surface area contributed by atoms with Crippen LogP contribution < -0.4 is 4.90 Å². The molecule has 276 valence electrons. The molecule has 0 radical (unpaired) electrons. The predicted octanol–water partition coefficient (Wildman–Crippen LogP) is 15.2. The van der Waals surface area contributed by atoms with Crippen molar-refractivity contribution in [1.29, 1.82) is 0 Å². The van der Waals surface area contributed by atoms with Crippen LogP contribution in [-0.4, -0.2) is 4.57 Å². The Morgan fingerprint density at radius 3 is 1.60 bits per heavy atom. The van der Waals surface area contributed by atoms with Gasteiger partial charge in [0.15, 0.2) is 0 Å². The minimum absolute atomic E-state index is 0.0900. The zero-order chi connectivity index (χ0) is 38.9. The Balaban J connectivity index is 1.06. The standard InChI is InChI=1S/C55H46N2/c1-54(2,3)41-25-31-46-47-32-30-45(36-51(47)55(4,5)50(46)35-41)56(43-26-20-38(21-27-43)37-14-8-6-9-15-37)44-28-22-39(23-29-44)40-24-33-53-49(34-40)48-18-12-13-19-52(48)57(53)42-16-10-7-11-17-42/h6-36H,1-5H3. The van der Waals surface area contributed by atoms with Gasteiger partial charge in [-0.25, -0.2) is 0 Å². The van der Waals surface area contributed by atoms with E-state index in [4.69, 9.17) is 0 Å². The molecule has 9 aromatic rings. The highest BCUT2D eigenvalue weighted by Crippen LogP contribution is 2.51. The molecule has 1 aliphatic carbocycles. The molecule has 0 unspecified atom stereocenters. The highest BCUT2D eigenvalue weighted by Gasteiger charge is 2.37. The van der Waals surface area contributed by atoms with Crippen LogP contribution in [0.4, 0.5) is 17.1 Å². The zero-order valence-electron chi connectivity index (χ0n) is 33.3. The molecule has 0 aliphatic heterocycles. The summed E-state index contributed by atoms with van der Waals surface area (Å²) in [7, 11) is 0. The van der Waals surface area contributed by atoms with Crippen molar-refractivity contribution in [1.82, 2.24) is 4.57 Å². The maximum Gasteiger partial charge on any atom is 0.0541 e. The Hall–Kier alpha value is -6.64. The predicted molar refractivity (Wildman–Crippen MR) is 243 cm³/mol. The lowest BCUT2D eigenvalue weighted by Crippen LogP contribution is -2.18. The van der Waals surface area contributed by atoms with E-state index in [2.05, 4.69) is 232 Å². The van der Waals surface area contributed by atoms with Crippen molar-refractivity contribution in [2.45, 2.75) is 45.4 Å². The second-order valence-corrected chi connectivity index (χ2v) is 17.1. The Kier molecular flexibility index (Phi) is 8.09. The van der Waals surface area contributed by atoms with Crippen molar-refractivity contribution in [3.63, 3.8) is 0 Å². The van der Waals surface area contributed by atoms with E-state index in [1.54, 1.807) is 0 Å². The molecule has 1 aromatic heterocycles. The van der Waals surface area contributed by atoms with Crippen LogP contribution in [0, 0.1) is 0 Å². The summed E-state index contributed by atoms with van der Waals surface area (Å²) in [6.45, 7) is 11.7. The summed E-state index contributed by atoms with van der Waals surface area (Å²) in [5.41, 5.74) is 18.6. The van der Waals surface area contributed by atoms with Gasteiger partial charge in [0.25, 0.3) is 0 Å². The molecule has 57 heavy (non-hydrogen) atoms. The molecule has 0 amide bonds. The number of para-hydroxylation sites is 2. The Morgan fingerprint density at radius 1 is 0.421 bits per heavy atom. The fourth-order valence-corrected chi connectivity index (χ4v) is 9.02. The molecule has 10 rings (SSSR count). The normalized spacial score (nSPS) is 13.1. The number of aromatic nitrogens is 1. The molecule has 0 spiro atoms. The third kappa shape index (κ3) is 5.87. The smallest absolute Gasteiger partial charge is 0.0541 e. The van der Waals surface area contributed by atoms with Crippen LogP contribution in [0.2, 0.25) is 0 Å². The van der Waals surface area contributed by atoms with E-state index in [0.29, 0.717) is 0 Å². The third-order valence-corrected chi connectivity index (χ3v) is 12.2. The van der Waals surface area contributed by atoms with Gasteiger partial charge in [0.05, 0.1) is 11.0 Å². The Morgan fingerprint density at radius 2 is 0.930 bits per heavy atom. The minimum atomic E-state index is -0.128. The summed E-state index contributed by atoms with van der Waals surface area (Å²) >= 11 is 0. The van der Waals surface area contributed by atoms with Crippen molar-refractivity contribution >= 4 is 38.9 Å². The number of fused-ring (bicyclic) bond motifs is 6. The van der Waals surface area contributed by atoms with Gasteiger partial charge in [-0.15, -0.1) is 0 Å². The van der Waals surface area contributed by atoms with Gasteiger partial charge in [-0.2, -0.15) is 0 Å². The number of hydrogen-bond acceptors (Lipinski definition) is 1. The number of benzene rings is 8. The molecule has 0 N–H and O–H groups in total. The van der Waals surface area contributed by atoms with E-state index >= 15 is 0 Å². The number of hydrogen-bond donors (Lipinski definition) is 0. The molecule has 1 heterocycles. The first-order valence-electron chi connectivity index (χ1n) is 20.1. The van der Waals surface area contributed by atoms with Crippen molar-refractivity contribution < 1.29 is 0 Å². The topological polar surface area (TPSA) is 8.17 Å². The first-order valence-corrected chi connectivity index (χ1v) is 20.1. The van der Waals surface area contributed by atoms with Crippen LogP contribution in [0.15, 0.2) is 188 Å². The second kappa shape index (κ2) is 13.2. The number of anilines is 3. The van der Waals surface area contributed by atoms with E-state index in [-0.39, 0.29) is 10.8 Å². The lowest BCUT2D eigenvalue weighted by atomic mass is 9.79. The average molecular weight is 735 g/mol. The number of rotatable bonds is 6. The van der Waals surface area contributed by atoms with Crippen molar-refractivity contribution in [2.24, 2.45) is 0 Å². The van der Waals surface area contributed by atoms with E-state index < -0.39 is 0 Å². The maximum absolute atomic E-state index is 2.45. The summed E-state index contributed by atoms with van der Waals surface area (Å²) in [5.74, 6) is 0. The highest BCUT2D eigenvalue weighted by molar-refractivity contribution is 6.10. The van der Waals surface area contributed by atoms with Crippen LogP contribution >= 0.6 is 0 Å². The summed E-state index contributed by atoms with van der Waals surface area (Å²) < 4.78 is 2.37. The minimum Gasteiger partial charge on any atom is -0.310 e. The van der Waals surface area contributed by atoms with Crippen LogP contribution in [0.3, 0.4) is 0 Å². The van der Waals surface area contributed by atoms with Crippen LogP contribution in [0.25, 0.3) is 60.9 Å². The molecule has 2 heteroatoms. The van der Waals surface area contributed by atoms with E-state index in [9.17, 15) is 0 Å². The van der Waals surface area contributed by atoms with E-state index in [0.717, 1.165) is 17.1 Å². The van der Waals surface area contributed by atoms with E-state index in [1.807, 2.05) is 0 Å². The Bertz CT molecular complexity index is 2930. The van der Waals surface area contributed by atoms with E-state index in [1.165, 1.54) is 77.6 Å². The zero-order valence-corrected chi connectivity index (χ0v) is 33.3. The van der Waals surface area contributed by atoms with Gasteiger partial charge >= 0.3 is 0 Å². The second-order valence-electron chi connectivity index (χ2n) is 17.1. The van der Waals surface area contributed by atoms with Crippen molar-refractivity contribution in [3.05, 3.63) is 205 Å². The highest BCUT2D eigenvalue weighted by atomic mass is 15.1. The molecular weight excluding hydrogens is 689 g/mol. The summed E-state index contributed by atoms with van der Waals surface area (Å²) in [4.78, 5) is 2.41.